The summed E-state index contributed by atoms with van der Waals surface area (Å²) >= 11 is 1.39. The summed E-state index contributed by atoms with van der Waals surface area (Å²) in [5.41, 5.74) is 3.34. The van der Waals surface area contributed by atoms with E-state index in [2.05, 4.69) is 10.1 Å². The molecule has 5 aromatic rings. The molecule has 0 aliphatic heterocycles. The quantitative estimate of drug-likeness (QED) is 0.290. The van der Waals surface area contributed by atoms with E-state index in [4.69, 9.17) is 9.51 Å². The highest BCUT2D eigenvalue weighted by atomic mass is 32.2. The van der Waals surface area contributed by atoms with Crippen LogP contribution in [0, 0.1) is 6.92 Å². The third-order valence-corrected chi connectivity index (χ3v) is 5.79. The fraction of sp³-hybridized carbons (Fsp3) is 0.0833. The Bertz CT molecular complexity index is 1410. The van der Waals surface area contributed by atoms with Crippen LogP contribution in [0.25, 0.3) is 28.0 Å². The molecule has 7 heteroatoms. The van der Waals surface area contributed by atoms with Gasteiger partial charge in [-0.1, -0.05) is 77.1 Å². The zero-order valence-corrected chi connectivity index (χ0v) is 17.5. The lowest BCUT2D eigenvalue weighted by Gasteiger charge is -2.12. The van der Waals surface area contributed by atoms with Gasteiger partial charge in [0, 0.05) is 5.56 Å². The lowest BCUT2D eigenvalue weighted by Crippen LogP contribution is -2.21. The predicted molar refractivity (Wildman–Crippen MR) is 121 cm³/mol. The molecule has 6 nitrogen and oxygen atoms in total. The number of hydrogen-bond acceptors (Lipinski definition) is 6. The van der Waals surface area contributed by atoms with Crippen LogP contribution in [0.3, 0.4) is 0 Å². The number of rotatable bonds is 5. The molecule has 2 aromatic heterocycles. The highest BCUT2D eigenvalue weighted by molar-refractivity contribution is 7.98. The molecule has 0 aliphatic rings. The monoisotopic (exact) mass is 426 g/mol. The van der Waals surface area contributed by atoms with Gasteiger partial charge in [-0.15, -0.1) is 0 Å². The van der Waals surface area contributed by atoms with Crippen molar-refractivity contribution in [1.29, 1.82) is 0 Å². The number of aryl methyl sites for hydroxylation is 1. The summed E-state index contributed by atoms with van der Waals surface area (Å²) < 4.78 is 7.06. The number of thioether (sulfide) groups is 1. The van der Waals surface area contributed by atoms with Crippen LogP contribution < -0.4 is 5.56 Å². The van der Waals surface area contributed by atoms with Gasteiger partial charge in [0.15, 0.2) is 5.16 Å². The van der Waals surface area contributed by atoms with Crippen molar-refractivity contribution >= 4 is 22.7 Å². The van der Waals surface area contributed by atoms with E-state index in [9.17, 15) is 4.79 Å². The van der Waals surface area contributed by atoms with E-state index in [-0.39, 0.29) is 5.56 Å². The highest BCUT2D eigenvalue weighted by Crippen LogP contribution is 2.25. The van der Waals surface area contributed by atoms with Crippen molar-refractivity contribution < 1.29 is 4.52 Å². The molecular weight excluding hydrogens is 408 g/mol. The third kappa shape index (κ3) is 3.87. The molecule has 0 saturated carbocycles. The Morgan fingerprint density at radius 1 is 0.903 bits per heavy atom. The summed E-state index contributed by atoms with van der Waals surface area (Å²) in [6.07, 6.45) is 0. The van der Waals surface area contributed by atoms with Gasteiger partial charge in [-0.25, -0.2) is 4.98 Å². The average Bonchev–Trinajstić information content (AvgIpc) is 3.28. The molecule has 5 rings (SSSR count). The van der Waals surface area contributed by atoms with E-state index >= 15 is 0 Å². The third-order valence-electron chi connectivity index (χ3n) is 4.86. The van der Waals surface area contributed by atoms with Crippen molar-refractivity contribution in [3.8, 4) is 17.1 Å². The molecule has 152 valence electrons. The summed E-state index contributed by atoms with van der Waals surface area (Å²) in [5.74, 6) is 1.41. The van der Waals surface area contributed by atoms with Gasteiger partial charge in [0.2, 0.25) is 11.7 Å². The topological polar surface area (TPSA) is 73.8 Å². The lowest BCUT2D eigenvalue weighted by molar-refractivity contribution is 0.391. The molecule has 2 heterocycles. The van der Waals surface area contributed by atoms with Crippen LogP contribution >= 0.6 is 11.8 Å². The van der Waals surface area contributed by atoms with Gasteiger partial charge in [0.1, 0.15) is 0 Å². The first-order valence-electron chi connectivity index (χ1n) is 9.79. The van der Waals surface area contributed by atoms with E-state index in [0.29, 0.717) is 33.5 Å². The van der Waals surface area contributed by atoms with Gasteiger partial charge < -0.3 is 4.52 Å². The number of fused-ring (bicyclic) bond motifs is 1. The fourth-order valence-electron chi connectivity index (χ4n) is 3.27. The van der Waals surface area contributed by atoms with Gasteiger partial charge >= 0.3 is 0 Å². The molecule has 31 heavy (non-hydrogen) atoms. The molecule has 0 radical (unpaired) electrons. The van der Waals surface area contributed by atoms with Crippen LogP contribution in [0.1, 0.15) is 11.5 Å². The first-order valence-corrected chi connectivity index (χ1v) is 10.8. The van der Waals surface area contributed by atoms with E-state index in [1.165, 1.54) is 11.8 Å². The van der Waals surface area contributed by atoms with Crippen LogP contribution in [-0.2, 0) is 5.75 Å². The Balaban J connectivity index is 1.52. The summed E-state index contributed by atoms with van der Waals surface area (Å²) in [7, 11) is 0. The minimum Gasteiger partial charge on any atom is -0.338 e. The van der Waals surface area contributed by atoms with Gasteiger partial charge in [0.05, 0.1) is 22.3 Å². The maximum absolute atomic E-state index is 13.3. The van der Waals surface area contributed by atoms with Crippen molar-refractivity contribution in [2.75, 3.05) is 0 Å². The standard InChI is InChI=1S/C24H18N4O2S/c1-16-11-13-18(14-12-16)28-23(29)19-9-5-6-10-20(19)25-24(28)31-15-21-26-22(27-30-21)17-7-3-2-4-8-17/h2-14H,15H2,1H3. The number of aromatic nitrogens is 4. The molecule has 0 atom stereocenters. The molecule has 3 aromatic carbocycles. The van der Waals surface area contributed by atoms with E-state index in [0.717, 1.165) is 16.8 Å². The summed E-state index contributed by atoms with van der Waals surface area (Å²) in [6.45, 7) is 2.01. The Morgan fingerprint density at radius 2 is 1.65 bits per heavy atom. The zero-order chi connectivity index (χ0) is 21.2. The Kier molecular flexibility index (Phi) is 5.09. The van der Waals surface area contributed by atoms with Crippen LogP contribution in [0.4, 0.5) is 0 Å². The second-order valence-electron chi connectivity index (χ2n) is 7.05. The van der Waals surface area contributed by atoms with Crippen molar-refractivity contribution in [2.45, 2.75) is 17.8 Å². The minimum absolute atomic E-state index is 0.104. The summed E-state index contributed by atoms with van der Waals surface area (Å²) in [6, 6.07) is 24.9. The second-order valence-corrected chi connectivity index (χ2v) is 8.00. The summed E-state index contributed by atoms with van der Waals surface area (Å²) in [4.78, 5) is 22.5. The average molecular weight is 427 g/mol. The molecule has 0 aliphatic carbocycles. The number of nitrogens with zero attached hydrogens (tertiary/aromatic N) is 4. The van der Waals surface area contributed by atoms with Crippen molar-refractivity contribution in [2.24, 2.45) is 0 Å². The van der Waals surface area contributed by atoms with Crippen LogP contribution in [0.15, 0.2) is 93.3 Å². The zero-order valence-electron chi connectivity index (χ0n) is 16.7. The fourth-order valence-corrected chi connectivity index (χ4v) is 4.13. The van der Waals surface area contributed by atoms with Crippen molar-refractivity contribution in [1.82, 2.24) is 19.7 Å². The van der Waals surface area contributed by atoms with E-state index < -0.39 is 0 Å². The first kappa shape index (κ1) is 19.3. The van der Waals surface area contributed by atoms with Crippen molar-refractivity contribution in [3.05, 3.63) is 101 Å². The molecule has 0 unspecified atom stereocenters. The molecule has 0 bridgehead atoms. The molecule has 0 amide bonds. The van der Waals surface area contributed by atoms with Gasteiger partial charge in [-0.3, -0.25) is 9.36 Å². The normalized spacial score (nSPS) is 11.1. The Morgan fingerprint density at radius 3 is 2.45 bits per heavy atom. The molecule has 0 N–H and O–H groups in total. The highest BCUT2D eigenvalue weighted by Gasteiger charge is 2.15. The van der Waals surface area contributed by atoms with Crippen LogP contribution in [0.2, 0.25) is 0 Å². The van der Waals surface area contributed by atoms with Crippen LogP contribution in [0.5, 0.6) is 0 Å². The van der Waals surface area contributed by atoms with Gasteiger partial charge in [-0.05, 0) is 31.2 Å². The number of hydrogen-bond donors (Lipinski definition) is 0. The minimum atomic E-state index is -0.104. The van der Waals surface area contributed by atoms with Crippen LogP contribution in [-0.4, -0.2) is 19.7 Å². The Hall–Kier alpha value is -3.71. The number of benzene rings is 3. The second kappa shape index (κ2) is 8.20. The van der Waals surface area contributed by atoms with Crippen molar-refractivity contribution in [3.63, 3.8) is 0 Å². The van der Waals surface area contributed by atoms with E-state index in [1.807, 2.05) is 79.7 Å². The maximum atomic E-state index is 13.3. The van der Waals surface area contributed by atoms with Gasteiger partial charge in [-0.2, -0.15) is 4.98 Å². The molecular formula is C24H18N4O2S. The smallest absolute Gasteiger partial charge is 0.266 e. The predicted octanol–water partition coefficient (Wildman–Crippen LogP) is 5.04. The SMILES string of the molecule is Cc1ccc(-n2c(SCc3nc(-c4ccccc4)no3)nc3ccccc3c2=O)cc1. The molecule has 0 spiro atoms. The largest absolute Gasteiger partial charge is 0.338 e. The van der Waals surface area contributed by atoms with E-state index in [1.54, 1.807) is 10.6 Å². The molecule has 0 fully saturated rings. The number of para-hydroxylation sites is 1. The summed E-state index contributed by atoms with van der Waals surface area (Å²) in [5, 5.41) is 5.22. The van der Waals surface area contributed by atoms with Gasteiger partial charge in [0.25, 0.3) is 5.56 Å². The first-order chi connectivity index (χ1) is 15.2. The maximum Gasteiger partial charge on any atom is 0.266 e. The Labute approximate surface area is 182 Å². The molecule has 0 saturated heterocycles. The lowest BCUT2D eigenvalue weighted by atomic mass is 10.2.